The van der Waals surface area contributed by atoms with E-state index in [1.54, 1.807) is 24.3 Å². The number of likely N-dealkylation sites (N-methyl/N-ethyl adjacent to an activating group) is 1. The molecular weight excluding hydrogens is 626 g/mol. The summed E-state index contributed by atoms with van der Waals surface area (Å²) in [5.41, 5.74) is 3.78. The van der Waals surface area contributed by atoms with Gasteiger partial charge in [0.1, 0.15) is 12.6 Å². The zero-order valence-electron chi connectivity index (χ0n) is 24.5. The van der Waals surface area contributed by atoms with Crippen molar-refractivity contribution in [2.75, 3.05) is 17.4 Å². The molecule has 0 spiro atoms. The van der Waals surface area contributed by atoms with Gasteiger partial charge in [-0.05, 0) is 67.8 Å². The SMILES string of the molecule is CCNC(=O)C(Cc1ccccc1)N(Cc1cccc(Br)c1)C(=O)CN(c1ccc(C)cc1C)S(=O)(=O)c1ccccc1. The van der Waals surface area contributed by atoms with Gasteiger partial charge in [0, 0.05) is 24.0 Å². The number of anilines is 1. The van der Waals surface area contributed by atoms with Gasteiger partial charge < -0.3 is 10.2 Å². The number of nitrogens with zero attached hydrogens (tertiary/aromatic N) is 2. The lowest BCUT2D eigenvalue weighted by molar-refractivity contribution is -0.140. The van der Waals surface area contributed by atoms with Gasteiger partial charge in [0.05, 0.1) is 10.6 Å². The first-order valence-electron chi connectivity index (χ1n) is 14.1. The molecule has 43 heavy (non-hydrogen) atoms. The molecule has 1 unspecified atom stereocenters. The molecule has 2 amide bonds. The molecule has 1 atom stereocenters. The molecule has 9 heteroatoms. The first-order valence-corrected chi connectivity index (χ1v) is 16.3. The van der Waals surface area contributed by atoms with Crippen LogP contribution in [0, 0.1) is 13.8 Å². The molecule has 0 aromatic heterocycles. The summed E-state index contributed by atoms with van der Waals surface area (Å²) < 4.78 is 30.2. The highest BCUT2D eigenvalue weighted by Gasteiger charge is 2.35. The third kappa shape index (κ3) is 8.12. The van der Waals surface area contributed by atoms with Crippen LogP contribution in [0.15, 0.2) is 112 Å². The van der Waals surface area contributed by atoms with Crippen molar-refractivity contribution < 1.29 is 18.0 Å². The normalized spacial score (nSPS) is 11.9. The first-order chi connectivity index (χ1) is 20.6. The van der Waals surface area contributed by atoms with Crippen molar-refractivity contribution >= 4 is 43.5 Å². The number of aryl methyl sites for hydroxylation is 2. The Morgan fingerprint density at radius 2 is 1.49 bits per heavy atom. The van der Waals surface area contributed by atoms with Crippen LogP contribution in [-0.2, 0) is 32.6 Å². The van der Waals surface area contributed by atoms with E-state index in [0.29, 0.717) is 12.2 Å². The maximum Gasteiger partial charge on any atom is 0.264 e. The van der Waals surface area contributed by atoms with E-state index >= 15 is 0 Å². The minimum absolute atomic E-state index is 0.0749. The fourth-order valence-corrected chi connectivity index (χ4v) is 6.94. The molecule has 0 bridgehead atoms. The van der Waals surface area contributed by atoms with Crippen molar-refractivity contribution in [1.29, 1.82) is 0 Å². The minimum Gasteiger partial charge on any atom is -0.355 e. The highest BCUT2D eigenvalue weighted by Crippen LogP contribution is 2.28. The average molecular weight is 663 g/mol. The minimum atomic E-state index is -4.13. The number of carbonyl (C=O) groups excluding carboxylic acids is 2. The van der Waals surface area contributed by atoms with Crippen LogP contribution in [0.25, 0.3) is 0 Å². The molecule has 4 aromatic rings. The molecule has 0 aliphatic rings. The first kappa shape index (κ1) is 32.0. The van der Waals surface area contributed by atoms with Gasteiger partial charge in [0.15, 0.2) is 0 Å². The third-order valence-corrected chi connectivity index (χ3v) is 9.36. The van der Waals surface area contributed by atoms with Crippen LogP contribution in [-0.4, -0.2) is 44.3 Å². The van der Waals surface area contributed by atoms with E-state index in [1.807, 2.05) is 87.5 Å². The quantitative estimate of drug-likeness (QED) is 0.201. The number of sulfonamides is 1. The summed E-state index contributed by atoms with van der Waals surface area (Å²) in [6.45, 7) is 5.59. The van der Waals surface area contributed by atoms with E-state index in [9.17, 15) is 18.0 Å². The molecule has 0 fully saturated rings. The van der Waals surface area contributed by atoms with Crippen LogP contribution in [0.4, 0.5) is 5.69 Å². The number of hydrogen-bond acceptors (Lipinski definition) is 4. The lowest BCUT2D eigenvalue weighted by Crippen LogP contribution is -2.53. The third-order valence-electron chi connectivity index (χ3n) is 7.10. The molecule has 0 aliphatic carbocycles. The van der Waals surface area contributed by atoms with E-state index in [0.717, 1.165) is 31.0 Å². The van der Waals surface area contributed by atoms with E-state index in [1.165, 1.54) is 17.0 Å². The summed E-state index contributed by atoms with van der Waals surface area (Å²) >= 11 is 3.50. The number of carbonyl (C=O) groups is 2. The van der Waals surface area contributed by atoms with Gasteiger partial charge in [-0.15, -0.1) is 0 Å². The number of rotatable bonds is 12. The molecule has 7 nitrogen and oxygen atoms in total. The number of amides is 2. The van der Waals surface area contributed by atoms with E-state index < -0.39 is 28.5 Å². The molecule has 1 N–H and O–H groups in total. The van der Waals surface area contributed by atoms with Crippen molar-refractivity contribution in [2.45, 2.75) is 44.7 Å². The Hall–Kier alpha value is -3.95. The van der Waals surface area contributed by atoms with Crippen molar-refractivity contribution in [3.8, 4) is 0 Å². The Labute approximate surface area is 262 Å². The van der Waals surface area contributed by atoms with Gasteiger partial charge in [-0.25, -0.2) is 8.42 Å². The Balaban J connectivity index is 1.81. The average Bonchev–Trinajstić information content (AvgIpc) is 2.99. The fraction of sp³-hybridized carbons (Fsp3) is 0.235. The molecule has 224 valence electrons. The van der Waals surface area contributed by atoms with Gasteiger partial charge in [-0.2, -0.15) is 0 Å². The number of halogens is 1. The Kier molecular flexibility index (Phi) is 10.8. The monoisotopic (exact) mass is 661 g/mol. The van der Waals surface area contributed by atoms with Gasteiger partial charge in [-0.3, -0.25) is 13.9 Å². The zero-order chi connectivity index (χ0) is 31.0. The smallest absolute Gasteiger partial charge is 0.264 e. The predicted octanol–water partition coefficient (Wildman–Crippen LogP) is 6.04. The second-order valence-corrected chi connectivity index (χ2v) is 13.1. The Morgan fingerprint density at radius 1 is 0.837 bits per heavy atom. The van der Waals surface area contributed by atoms with Gasteiger partial charge in [0.2, 0.25) is 11.8 Å². The summed E-state index contributed by atoms with van der Waals surface area (Å²) in [7, 11) is -4.13. The van der Waals surface area contributed by atoms with Crippen molar-refractivity contribution in [3.05, 3.63) is 130 Å². The van der Waals surface area contributed by atoms with Gasteiger partial charge in [-0.1, -0.05) is 94.3 Å². The fourth-order valence-electron chi connectivity index (χ4n) is 5.00. The number of hydrogen-bond donors (Lipinski definition) is 1. The lowest BCUT2D eigenvalue weighted by Gasteiger charge is -2.34. The summed E-state index contributed by atoms with van der Waals surface area (Å²) in [6.07, 6.45) is 0.265. The summed E-state index contributed by atoms with van der Waals surface area (Å²) in [6, 6.07) is 29.6. The molecule has 0 aliphatic heterocycles. The second-order valence-electron chi connectivity index (χ2n) is 10.4. The maximum atomic E-state index is 14.4. The second kappa shape index (κ2) is 14.5. The zero-order valence-corrected chi connectivity index (χ0v) is 26.9. The van der Waals surface area contributed by atoms with Crippen LogP contribution < -0.4 is 9.62 Å². The van der Waals surface area contributed by atoms with Crippen LogP contribution in [0.2, 0.25) is 0 Å². The largest absolute Gasteiger partial charge is 0.355 e. The predicted molar refractivity (Wildman–Crippen MR) is 174 cm³/mol. The van der Waals surface area contributed by atoms with E-state index in [2.05, 4.69) is 21.2 Å². The van der Waals surface area contributed by atoms with Gasteiger partial charge in [0.25, 0.3) is 10.0 Å². The van der Waals surface area contributed by atoms with E-state index in [-0.39, 0.29) is 23.8 Å². The molecular formula is C34H36BrN3O4S. The molecule has 0 saturated heterocycles. The molecule has 0 saturated carbocycles. The summed E-state index contributed by atoms with van der Waals surface area (Å²) in [5, 5.41) is 2.88. The number of nitrogens with one attached hydrogen (secondary N) is 1. The van der Waals surface area contributed by atoms with Gasteiger partial charge >= 0.3 is 0 Å². The Bertz CT molecular complexity index is 1660. The van der Waals surface area contributed by atoms with Crippen LogP contribution in [0.1, 0.15) is 29.2 Å². The van der Waals surface area contributed by atoms with Crippen molar-refractivity contribution in [3.63, 3.8) is 0 Å². The van der Waals surface area contributed by atoms with Crippen molar-refractivity contribution in [1.82, 2.24) is 10.2 Å². The summed E-state index contributed by atoms with van der Waals surface area (Å²) in [5.74, 6) is -0.801. The molecule has 4 aromatic carbocycles. The van der Waals surface area contributed by atoms with Crippen LogP contribution in [0.3, 0.4) is 0 Å². The lowest BCUT2D eigenvalue weighted by atomic mass is 10.0. The van der Waals surface area contributed by atoms with E-state index in [4.69, 9.17) is 0 Å². The maximum absolute atomic E-state index is 14.4. The Morgan fingerprint density at radius 3 is 2.12 bits per heavy atom. The summed E-state index contributed by atoms with van der Waals surface area (Å²) in [4.78, 5) is 29.6. The topological polar surface area (TPSA) is 86.8 Å². The highest BCUT2D eigenvalue weighted by molar-refractivity contribution is 9.10. The molecule has 4 rings (SSSR count). The molecule has 0 radical (unpaired) electrons. The molecule has 0 heterocycles. The van der Waals surface area contributed by atoms with Crippen LogP contribution >= 0.6 is 15.9 Å². The number of benzene rings is 4. The standard InChI is InChI=1S/C34H36BrN3O4S/c1-4-36-34(40)32(22-27-12-7-5-8-13-27)37(23-28-14-11-15-29(35)21-28)33(39)24-38(31-19-18-25(2)20-26(31)3)43(41,42)30-16-9-6-10-17-30/h5-21,32H,4,22-24H2,1-3H3,(H,36,40). The van der Waals surface area contributed by atoms with Crippen LogP contribution in [0.5, 0.6) is 0 Å². The van der Waals surface area contributed by atoms with Crippen molar-refractivity contribution in [2.24, 2.45) is 0 Å². The highest BCUT2D eigenvalue weighted by atomic mass is 79.9.